The highest BCUT2D eigenvalue weighted by molar-refractivity contribution is 7.98. The number of halogens is 1. The quantitative estimate of drug-likeness (QED) is 0.679. The minimum absolute atomic E-state index is 0.0666. The summed E-state index contributed by atoms with van der Waals surface area (Å²) < 4.78 is 5.21. The van der Waals surface area contributed by atoms with Crippen molar-refractivity contribution in [3.8, 4) is 0 Å². The summed E-state index contributed by atoms with van der Waals surface area (Å²) in [7, 11) is 0. The molecule has 0 bridgehead atoms. The van der Waals surface area contributed by atoms with Crippen LogP contribution in [0.25, 0.3) is 0 Å². The van der Waals surface area contributed by atoms with Gasteiger partial charge in [-0.3, -0.25) is 0 Å². The summed E-state index contributed by atoms with van der Waals surface area (Å²) in [5.74, 6) is 0.377. The van der Waals surface area contributed by atoms with Gasteiger partial charge in [0.25, 0.3) is 0 Å². The fourth-order valence-corrected chi connectivity index (χ4v) is 3.15. The molecule has 7 heteroatoms. The van der Waals surface area contributed by atoms with E-state index in [4.69, 9.17) is 21.4 Å². The first-order valence-corrected chi connectivity index (χ1v) is 9.10. The van der Waals surface area contributed by atoms with E-state index in [0.29, 0.717) is 16.5 Å². The first-order valence-electron chi connectivity index (χ1n) is 7.57. The number of carbonyl (C=O) groups excluding carboxylic acids is 1. The largest absolute Gasteiger partial charge is 0.465 e. The second-order valence-electron chi connectivity index (χ2n) is 5.24. The summed E-state index contributed by atoms with van der Waals surface area (Å²) in [4.78, 5) is 23.1. The van der Waals surface area contributed by atoms with Crippen molar-refractivity contribution in [2.24, 2.45) is 0 Å². The van der Waals surface area contributed by atoms with Crippen molar-refractivity contribution in [2.75, 3.05) is 5.75 Å². The molecular weight excluding hydrogens is 362 g/mol. The van der Waals surface area contributed by atoms with Crippen LogP contribution >= 0.6 is 23.4 Å². The number of amides is 1. The van der Waals surface area contributed by atoms with Crippen LogP contribution in [0, 0.1) is 0 Å². The number of ether oxygens (including phenoxy) is 1. The molecule has 2 rings (SSSR count). The number of rotatable bonds is 8. The molecule has 0 radical (unpaired) electrons. The van der Waals surface area contributed by atoms with Gasteiger partial charge in [0.05, 0.1) is 0 Å². The van der Waals surface area contributed by atoms with Gasteiger partial charge in [-0.25, -0.2) is 9.59 Å². The Bertz CT molecular complexity index is 694. The summed E-state index contributed by atoms with van der Waals surface area (Å²) in [6.45, 7) is 0.0666. The molecule has 0 spiro atoms. The summed E-state index contributed by atoms with van der Waals surface area (Å²) >= 11 is 7.27. The third-order valence-corrected chi connectivity index (χ3v) is 4.63. The van der Waals surface area contributed by atoms with Gasteiger partial charge in [-0.05, 0) is 23.3 Å². The van der Waals surface area contributed by atoms with Crippen LogP contribution in [0.15, 0.2) is 54.6 Å². The van der Waals surface area contributed by atoms with Crippen molar-refractivity contribution < 1.29 is 19.4 Å². The van der Waals surface area contributed by atoms with E-state index in [1.54, 1.807) is 24.3 Å². The standard InChI is InChI=1S/C18H18ClNO4S/c19-15-8-6-13(7-9-15)10-24-17(21)16(20-18(22)23)12-25-11-14-4-2-1-3-5-14/h1-9,16,20H,10-12H2,(H,22,23). The molecule has 2 N–H and O–H groups in total. The molecule has 132 valence electrons. The zero-order valence-electron chi connectivity index (χ0n) is 13.4. The Morgan fingerprint density at radius 1 is 1.08 bits per heavy atom. The van der Waals surface area contributed by atoms with Gasteiger partial charge in [0.2, 0.25) is 0 Å². The minimum atomic E-state index is -1.26. The number of esters is 1. The number of hydrogen-bond acceptors (Lipinski definition) is 4. The number of carbonyl (C=O) groups is 2. The zero-order valence-corrected chi connectivity index (χ0v) is 14.9. The molecule has 5 nitrogen and oxygen atoms in total. The second kappa shape index (κ2) is 9.96. The van der Waals surface area contributed by atoms with Crippen molar-refractivity contribution in [3.05, 3.63) is 70.7 Å². The van der Waals surface area contributed by atoms with Crippen LogP contribution < -0.4 is 5.32 Å². The number of hydrogen-bond donors (Lipinski definition) is 2. The molecular formula is C18H18ClNO4S. The van der Waals surface area contributed by atoms with E-state index in [1.807, 2.05) is 30.3 Å². The Hall–Kier alpha value is -2.18. The number of carboxylic acid groups (broad SMARTS) is 1. The molecule has 2 aromatic carbocycles. The van der Waals surface area contributed by atoms with Gasteiger partial charge < -0.3 is 15.2 Å². The summed E-state index contributed by atoms with van der Waals surface area (Å²) in [5, 5.41) is 11.7. The van der Waals surface area contributed by atoms with Crippen molar-refractivity contribution in [1.29, 1.82) is 0 Å². The van der Waals surface area contributed by atoms with Crippen LogP contribution in [0.1, 0.15) is 11.1 Å². The summed E-state index contributed by atoms with van der Waals surface area (Å²) in [5.41, 5.74) is 1.89. The second-order valence-corrected chi connectivity index (χ2v) is 6.70. The van der Waals surface area contributed by atoms with E-state index in [-0.39, 0.29) is 6.61 Å². The first kappa shape index (κ1) is 19.1. The maximum Gasteiger partial charge on any atom is 0.405 e. The summed E-state index contributed by atoms with van der Waals surface area (Å²) in [6, 6.07) is 15.7. The van der Waals surface area contributed by atoms with Gasteiger partial charge in [-0.2, -0.15) is 11.8 Å². The van der Waals surface area contributed by atoms with Gasteiger partial charge >= 0.3 is 12.1 Å². The van der Waals surface area contributed by atoms with Crippen LogP contribution in [-0.2, 0) is 21.9 Å². The molecule has 0 aliphatic rings. The van der Waals surface area contributed by atoms with E-state index in [9.17, 15) is 9.59 Å². The highest BCUT2D eigenvalue weighted by atomic mass is 35.5. The maximum absolute atomic E-state index is 12.2. The predicted molar refractivity (Wildman–Crippen MR) is 98.8 cm³/mol. The third kappa shape index (κ3) is 7.07. The lowest BCUT2D eigenvalue weighted by atomic mass is 10.2. The fraction of sp³-hybridized carbons (Fsp3) is 0.222. The third-order valence-electron chi connectivity index (χ3n) is 3.27. The number of benzene rings is 2. The van der Waals surface area contributed by atoms with Gasteiger partial charge in [-0.15, -0.1) is 0 Å². The van der Waals surface area contributed by atoms with Gasteiger partial charge in [0.15, 0.2) is 0 Å². The molecule has 0 aliphatic heterocycles. The minimum Gasteiger partial charge on any atom is -0.465 e. The Morgan fingerprint density at radius 3 is 2.40 bits per heavy atom. The summed E-state index contributed by atoms with van der Waals surface area (Å²) in [6.07, 6.45) is -1.26. The highest BCUT2D eigenvalue weighted by Crippen LogP contribution is 2.14. The fourth-order valence-electron chi connectivity index (χ4n) is 2.02. The van der Waals surface area contributed by atoms with E-state index in [0.717, 1.165) is 11.1 Å². The first-order chi connectivity index (χ1) is 12.0. The molecule has 25 heavy (non-hydrogen) atoms. The predicted octanol–water partition coefficient (Wildman–Crippen LogP) is 3.95. The van der Waals surface area contributed by atoms with Gasteiger partial charge in [0.1, 0.15) is 12.6 Å². The Labute approximate surface area is 155 Å². The lowest BCUT2D eigenvalue weighted by Crippen LogP contribution is -2.42. The molecule has 0 heterocycles. The Morgan fingerprint density at radius 2 is 1.76 bits per heavy atom. The van der Waals surface area contributed by atoms with E-state index in [2.05, 4.69) is 5.32 Å². The normalized spacial score (nSPS) is 11.6. The molecule has 1 amide bonds. The number of nitrogens with one attached hydrogen (secondary N) is 1. The van der Waals surface area contributed by atoms with Crippen LogP contribution in [0.4, 0.5) is 4.79 Å². The lowest BCUT2D eigenvalue weighted by molar-refractivity contribution is -0.146. The van der Waals surface area contributed by atoms with E-state index in [1.165, 1.54) is 11.8 Å². The van der Waals surface area contributed by atoms with Crippen LogP contribution in [0.3, 0.4) is 0 Å². The van der Waals surface area contributed by atoms with Crippen LogP contribution in [0.5, 0.6) is 0 Å². The SMILES string of the molecule is O=C(O)NC(CSCc1ccccc1)C(=O)OCc1ccc(Cl)cc1. The van der Waals surface area contributed by atoms with E-state index < -0.39 is 18.1 Å². The number of thioether (sulfide) groups is 1. The molecule has 2 aromatic rings. The molecule has 0 aliphatic carbocycles. The van der Waals surface area contributed by atoms with E-state index >= 15 is 0 Å². The van der Waals surface area contributed by atoms with Gasteiger partial charge in [-0.1, -0.05) is 54.1 Å². The monoisotopic (exact) mass is 379 g/mol. The molecule has 0 saturated heterocycles. The average Bonchev–Trinajstić information content (AvgIpc) is 2.61. The molecule has 1 atom stereocenters. The smallest absolute Gasteiger partial charge is 0.405 e. The highest BCUT2D eigenvalue weighted by Gasteiger charge is 2.22. The molecule has 0 aromatic heterocycles. The average molecular weight is 380 g/mol. The lowest BCUT2D eigenvalue weighted by Gasteiger charge is -2.16. The van der Waals surface area contributed by atoms with Gasteiger partial charge in [0, 0.05) is 16.5 Å². The topological polar surface area (TPSA) is 75.6 Å². The zero-order chi connectivity index (χ0) is 18.1. The maximum atomic E-state index is 12.2. The van der Waals surface area contributed by atoms with Crippen molar-refractivity contribution in [3.63, 3.8) is 0 Å². The van der Waals surface area contributed by atoms with Crippen molar-refractivity contribution in [2.45, 2.75) is 18.4 Å². The van der Waals surface area contributed by atoms with Crippen molar-refractivity contribution >= 4 is 35.4 Å². The molecule has 1 unspecified atom stereocenters. The van der Waals surface area contributed by atoms with Crippen molar-refractivity contribution in [1.82, 2.24) is 5.32 Å². The molecule has 0 fully saturated rings. The van der Waals surface area contributed by atoms with Crippen LogP contribution in [0.2, 0.25) is 5.02 Å². The Kier molecular flexibility index (Phi) is 7.63. The van der Waals surface area contributed by atoms with Crippen LogP contribution in [-0.4, -0.2) is 29.0 Å². The Balaban J connectivity index is 1.85. The molecule has 0 saturated carbocycles.